The lowest BCUT2D eigenvalue weighted by atomic mass is 10.00. The SMILES string of the molecule is CCC(NC)c1ccccc1N1CCNC(=O)C1C. The van der Waals surface area contributed by atoms with Gasteiger partial charge in [-0.05, 0) is 32.0 Å². The first-order chi connectivity index (χ1) is 9.19. The molecule has 0 radical (unpaired) electrons. The molecular weight excluding hydrogens is 238 g/mol. The highest BCUT2D eigenvalue weighted by Gasteiger charge is 2.27. The Morgan fingerprint density at radius 1 is 1.47 bits per heavy atom. The van der Waals surface area contributed by atoms with Gasteiger partial charge in [0.15, 0.2) is 0 Å². The summed E-state index contributed by atoms with van der Waals surface area (Å²) in [6.07, 6.45) is 1.03. The summed E-state index contributed by atoms with van der Waals surface area (Å²) in [5.41, 5.74) is 2.44. The lowest BCUT2D eigenvalue weighted by Crippen LogP contribution is -2.54. The molecule has 4 nitrogen and oxygen atoms in total. The van der Waals surface area contributed by atoms with Gasteiger partial charge in [-0.2, -0.15) is 0 Å². The third kappa shape index (κ3) is 2.73. The van der Waals surface area contributed by atoms with Crippen LogP contribution in [0.3, 0.4) is 0 Å². The zero-order valence-electron chi connectivity index (χ0n) is 11.9. The molecule has 0 aliphatic carbocycles. The highest BCUT2D eigenvalue weighted by molar-refractivity contribution is 5.86. The number of benzene rings is 1. The molecule has 2 unspecified atom stereocenters. The minimum Gasteiger partial charge on any atom is -0.358 e. The number of piperazine rings is 1. The first kappa shape index (κ1) is 13.9. The zero-order chi connectivity index (χ0) is 13.8. The number of hydrogen-bond donors (Lipinski definition) is 2. The van der Waals surface area contributed by atoms with Crippen LogP contribution < -0.4 is 15.5 Å². The first-order valence-electron chi connectivity index (χ1n) is 6.99. The van der Waals surface area contributed by atoms with Crippen molar-refractivity contribution < 1.29 is 4.79 Å². The van der Waals surface area contributed by atoms with Crippen LogP contribution in [0.2, 0.25) is 0 Å². The van der Waals surface area contributed by atoms with E-state index in [0.29, 0.717) is 12.6 Å². The number of carbonyl (C=O) groups is 1. The molecule has 0 bridgehead atoms. The average molecular weight is 261 g/mol. The normalized spacial score (nSPS) is 21.1. The Bertz CT molecular complexity index is 443. The molecule has 1 amide bonds. The topological polar surface area (TPSA) is 44.4 Å². The molecule has 1 fully saturated rings. The van der Waals surface area contributed by atoms with E-state index in [1.165, 1.54) is 11.3 Å². The molecular formula is C15H23N3O. The van der Waals surface area contributed by atoms with Gasteiger partial charge >= 0.3 is 0 Å². The monoisotopic (exact) mass is 261 g/mol. The Morgan fingerprint density at radius 2 is 2.21 bits per heavy atom. The van der Waals surface area contributed by atoms with Crippen LogP contribution in [0.15, 0.2) is 24.3 Å². The second-order valence-corrected chi connectivity index (χ2v) is 4.97. The molecule has 0 aromatic heterocycles. The molecule has 1 heterocycles. The Morgan fingerprint density at radius 3 is 2.89 bits per heavy atom. The molecule has 1 aromatic carbocycles. The molecule has 2 atom stereocenters. The van der Waals surface area contributed by atoms with E-state index >= 15 is 0 Å². The average Bonchev–Trinajstić information content (AvgIpc) is 2.44. The predicted octanol–water partition coefficient (Wildman–Crippen LogP) is 1.68. The van der Waals surface area contributed by atoms with Gasteiger partial charge in [-0.25, -0.2) is 0 Å². The minimum absolute atomic E-state index is 0.107. The molecule has 0 spiro atoms. The Balaban J connectivity index is 2.36. The standard InChI is InChI=1S/C15H23N3O/c1-4-13(16-3)12-7-5-6-8-14(12)18-10-9-17-15(19)11(18)2/h5-8,11,13,16H,4,9-10H2,1-3H3,(H,17,19). The van der Waals surface area contributed by atoms with Gasteiger partial charge in [0.1, 0.15) is 6.04 Å². The molecule has 1 aromatic rings. The van der Waals surface area contributed by atoms with Gasteiger partial charge in [0, 0.05) is 24.8 Å². The summed E-state index contributed by atoms with van der Waals surface area (Å²) < 4.78 is 0. The summed E-state index contributed by atoms with van der Waals surface area (Å²) in [5, 5.41) is 6.26. The Hall–Kier alpha value is -1.55. The number of para-hydroxylation sites is 1. The van der Waals surface area contributed by atoms with Crippen LogP contribution in [-0.2, 0) is 4.79 Å². The van der Waals surface area contributed by atoms with Crippen molar-refractivity contribution >= 4 is 11.6 Å². The van der Waals surface area contributed by atoms with Crippen LogP contribution in [0.4, 0.5) is 5.69 Å². The second kappa shape index (κ2) is 6.06. The number of hydrogen-bond acceptors (Lipinski definition) is 3. The summed E-state index contributed by atoms with van der Waals surface area (Å²) in [6.45, 7) is 5.72. The molecule has 1 aliphatic rings. The molecule has 1 saturated heterocycles. The van der Waals surface area contributed by atoms with Gasteiger partial charge < -0.3 is 15.5 Å². The van der Waals surface area contributed by atoms with Crippen LogP contribution >= 0.6 is 0 Å². The van der Waals surface area contributed by atoms with Crippen molar-refractivity contribution in [3.8, 4) is 0 Å². The number of carbonyl (C=O) groups excluding carboxylic acids is 1. The van der Waals surface area contributed by atoms with Crippen molar-refractivity contribution in [1.29, 1.82) is 0 Å². The zero-order valence-corrected chi connectivity index (χ0v) is 11.9. The van der Waals surface area contributed by atoms with E-state index in [-0.39, 0.29) is 11.9 Å². The van der Waals surface area contributed by atoms with E-state index in [1.54, 1.807) is 0 Å². The summed E-state index contributed by atoms with van der Waals surface area (Å²) in [5.74, 6) is 0.110. The summed E-state index contributed by atoms with van der Waals surface area (Å²) >= 11 is 0. The van der Waals surface area contributed by atoms with Gasteiger partial charge in [0.05, 0.1) is 0 Å². The van der Waals surface area contributed by atoms with Crippen molar-refractivity contribution in [3.63, 3.8) is 0 Å². The third-order valence-electron chi connectivity index (χ3n) is 3.88. The maximum Gasteiger partial charge on any atom is 0.242 e. The van der Waals surface area contributed by atoms with Crippen LogP contribution in [0.25, 0.3) is 0 Å². The lowest BCUT2D eigenvalue weighted by molar-refractivity contribution is -0.122. The van der Waals surface area contributed by atoms with Crippen molar-refractivity contribution in [1.82, 2.24) is 10.6 Å². The van der Waals surface area contributed by atoms with Gasteiger partial charge in [-0.15, -0.1) is 0 Å². The summed E-state index contributed by atoms with van der Waals surface area (Å²) in [7, 11) is 1.98. The van der Waals surface area contributed by atoms with Crippen molar-refractivity contribution in [2.45, 2.75) is 32.4 Å². The van der Waals surface area contributed by atoms with E-state index in [0.717, 1.165) is 13.0 Å². The van der Waals surface area contributed by atoms with E-state index < -0.39 is 0 Å². The predicted molar refractivity (Wildman–Crippen MR) is 78.4 cm³/mol. The van der Waals surface area contributed by atoms with Crippen LogP contribution in [0.5, 0.6) is 0 Å². The molecule has 104 valence electrons. The Labute approximate surface area is 115 Å². The fourth-order valence-corrected chi connectivity index (χ4v) is 2.73. The first-order valence-corrected chi connectivity index (χ1v) is 6.99. The molecule has 19 heavy (non-hydrogen) atoms. The molecule has 4 heteroatoms. The van der Waals surface area contributed by atoms with Gasteiger partial charge in [0.2, 0.25) is 5.91 Å². The summed E-state index contributed by atoms with van der Waals surface area (Å²) in [6, 6.07) is 8.59. The third-order valence-corrected chi connectivity index (χ3v) is 3.88. The van der Waals surface area contributed by atoms with E-state index in [2.05, 4.69) is 40.7 Å². The lowest BCUT2D eigenvalue weighted by Gasteiger charge is -2.37. The van der Waals surface area contributed by atoms with Gasteiger partial charge in [-0.1, -0.05) is 25.1 Å². The number of nitrogens with zero attached hydrogens (tertiary/aromatic N) is 1. The van der Waals surface area contributed by atoms with Crippen LogP contribution in [0, 0.1) is 0 Å². The Kier molecular flexibility index (Phi) is 4.43. The summed E-state index contributed by atoms with van der Waals surface area (Å²) in [4.78, 5) is 14.0. The largest absolute Gasteiger partial charge is 0.358 e. The molecule has 1 aliphatic heterocycles. The van der Waals surface area contributed by atoms with Crippen LogP contribution in [-0.4, -0.2) is 32.1 Å². The van der Waals surface area contributed by atoms with Gasteiger partial charge in [-0.3, -0.25) is 4.79 Å². The molecule has 2 N–H and O–H groups in total. The maximum atomic E-state index is 11.8. The smallest absolute Gasteiger partial charge is 0.242 e. The van der Waals surface area contributed by atoms with E-state index in [9.17, 15) is 4.79 Å². The highest BCUT2D eigenvalue weighted by atomic mass is 16.2. The number of nitrogens with one attached hydrogen (secondary N) is 2. The van der Waals surface area contributed by atoms with Crippen molar-refractivity contribution in [2.24, 2.45) is 0 Å². The number of rotatable bonds is 4. The number of amides is 1. The van der Waals surface area contributed by atoms with Gasteiger partial charge in [0.25, 0.3) is 0 Å². The van der Waals surface area contributed by atoms with Crippen LogP contribution in [0.1, 0.15) is 31.9 Å². The fourth-order valence-electron chi connectivity index (χ4n) is 2.73. The minimum atomic E-state index is -0.107. The van der Waals surface area contributed by atoms with Crippen molar-refractivity contribution in [3.05, 3.63) is 29.8 Å². The second-order valence-electron chi connectivity index (χ2n) is 4.97. The van der Waals surface area contributed by atoms with E-state index in [4.69, 9.17) is 0 Å². The highest BCUT2D eigenvalue weighted by Crippen LogP contribution is 2.29. The molecule has 0 saturated carbocycles. The fraction of sp³-hybridized carbons (Fsp3) is 0.533. The molecule has 2 rings (SSSR count). The maximum absolute atomic E-state index is 11.8. The number of anilines is 1. The van der Waals surface area contributed by atoms with Crippen molar-refractivity contribution in [2.75, 3.05) is 25.0 Å². The quantitative estimate of drug-likeness (QED) is 0.867. The van der Waals surface area contributed by atoms with E-state index in [1.807, 2.05) is 20.0 Å².